The van der Waals surface area contributed by atoms with Gasteiger partial charge in [0, 0.05) is 31.7 Å². The van der Waals surface area contributed by atoms with Crippen LogP contribution in [0.2, 0.25) is 0 Å². The van der Waals surface area contributed by atoms with Crippen LogP contribution in [0.3, 0.4) is 0 Å². The highest BCUT2D eigenvalue weighted by molar-refractivity contribution is 5.80. The van der Waals surface area contributed by atoms with E-state index in [2.05, 4.69) is 25.2 Å². The molecule has 1 N–H and O–H groups in total. The molecule has 0 bridgehead atoms. The van der Waals surface area contributed by atoms with Gasteiger partial charge in [-0.15, -0.1) is 0 Å². The molecule has 11 heteroatoms. The van der Waals surface area contributed by atoms with Crippen molar-refractivity contribution in [2.45, 2.75) is 51.9 Å². The first-order valence-electron chi connectivity index (χ1n) is 12.5. The zero-order valence-electron chi connectivity index (χ0n) is 21.4. The average Bonchev–Trinajstić information content (AvgIpc) is 2.89. The number of piperidine rings is 1. The largest absolute Gasteiger partial charge is 0.492 e. The van der Waals surface area contributed by atoms with Gasteiger partial charge in [0.25, 0.3) is 5.56 Å². The fourth-order valence-electron chi connectivity index (χ4n) is 4.28. The minimum absolute atomic E-state index is 0.0833. The summed E-state index contributed by atoms with van der Waals surface area (Å²) in [5, 5.41) is 3.05. The van der Waals surface area contributed by atoms with Crippen molar-refractivity contribution in [3.05, 3.63) is 40.8 Å². The number of hydrogen-bond acceptors (Lipinski definition) is 8. The average molecular weight is 513 g/mol. The molecule has 0 radical (unpaired) electrons. The van der Waals surface area contributed by atoms with Gasteiger partial charge in [-0.2, -0.15) is 0 Å². The van der Waals surface area contributed by atoms with E-state index in [9.17, 15) is 14.0 Å². The van der Waals surface area contributed by atoms with Gasteiger partial charge in [-0.3, -0.25) is 14.2 Å². The predicted molar refractivity (Wildman–Crippen MR) is 138 cm³/mol. The first-order valence-corrected chi connectivity index (χ1v) is 12.5. The second-order valence-electron chi connectivity index (χ2n) is 9.37. The molecule has 0 spiro atoms. The maximum Gasteiger partial charge on any atom is 0.263 e. The highest BCUT2D eigenvalue weighted by Crippen LogP contribution is 2.21. The lowest BCUT2D eigenvalue weighted by atomic mass is 10.1. The summed E-state index contributed by atoms with van der Waals surface area (Å²) in [7, 11) is 1.50. The minimum atomic E-state index is -0.689. The van der Waals surface area contributed by atoms with Gasteiger partial charge in [-0.1, -0.05) is 6.07 Å². The second kappa shape index (κ2) is 12.1. The number of ether oxygens (including phenoxy) is 2. The standard InChI is InChI=1S/C26H33FN6O4/c1-17(2)29-22(34)16-33-25(21-6-4-7-23(30-21)36-3)31-24-20(26(33)35)14-19(15-28-24)37-13-5-10-32-11-8-18(27)9-12-32/h4,6-7,14-15,17-18H,5,8-13,16H2,1-3H3,(H,29,34). The molecule has 1 aliphatic heterocycles. The molecule has 0 unspecified atom stereocenters. The summed E-state index contributed by atoms with van der Waals surface area (Å²) in [6.07, 6.45) is 2.77. The zero-order valence-corrected chi connectivity index (χ0v) is 21.4. The normalized spacial score (nSPS) is 14.7. The third-order valence-electron chi connectivity index (χ3n) is 6.10. The topological polar surface area (TPSA) is 111 Å². The lowest BCUT2D eigenvalue weighted by molar-refractivity contribution is -0.122. The molecular weight excluding hydrogens is 479 g/mol. The molecular formula is C26H33FN6O4. The van der Waals surface area contributed by atoms with Crippen LogP contribution in [0.25, 0.3) is 22.6 Å². The van der Waals surface area contributed by atoms with E-state index in [0.29, 0.717) is 36.8 Å². The summed E-state index contributed by atoms with van der Waals surface area (Å²) in [6.45, 7) is 6.25. The molecule has 0 atom stereocenters. The number of hydrogen-bond donors (Lipinski definition) is 1. The highest BCUT2D eigenvalue weighted by Gasteiger charge is 2.19. The number of nitrogens with one attached hydrogen (secondary N) is 1. The number of pyridine rings is 2. The van der Waals surface area contributed by atoms with Gasteiger partial charge in [0.1, 0.15) is 24.2 Å². The molecule has 3 aromatic heterocycles. The summed E-state index contributed by atoms with van der Waals surface area (Å²) < 4.78 is 25.7. The van der Waals surface area contributed by atoms with Crippen molar-refractivity contribution in [3.63, 3.8) is 0 Å². The molecule has 0 aromatic carbocycles. The molecule has 3 aromatic rings. The molecule has 4 rings (SSSR count). The van der Waals surface area contributed by atoms with E-state index in [4.69, 9.17) is 9.47 Å². The lowest BCUT2D eigenvalue weighted by Gasteiger charge is -2.28. The molecule has 0 saturated carbocycles. The third kappa shape index (κ3) is 6.79. The number of carbonyl (C=O) groups excluding carboxylic acids is 1. The number of alkyl halides is 1. The Morgan fingerprint density at radius 1 is 1.24 bits per heavy atom. The Morgan fingerprint density at radius 2 is 2.03 bits per heavy atom. The number of halogens is 1. The maximum atomic E-state index is 13.6. The first-order chi connectivity index (χ1) is 17.8. The number of rotatable bonds is 10. The number of likely N-dealkylation sites (tertiary alicyclic amines) is 1. The summed E-state index contributed by atoms with van der Waals surface area (Å²) in [5.74, 6) is 0.697. The smallest absolute Gasteiger partial charge is 0.263 e. The maximum absolute atomic E-state index is 13.6. The van der Waals surface area contributed by atoms with E-state index >= 15 is 0 Å². The molecule has 37 heavy (non-hydrogen) atoms. The van der Waals surface area contributed by atoms with Crippen LogP contribution < -0.4 is 20.3 Å². The van der Waals surface area contributed by atoms with E-state index in [0.717, 1.165) is 26.1 Å². The third-order valence-corrected chi connectivity index (χ3v) is 6.10. The van der Waals surface area contributed by atoms with Crippen molar-refractivity contribution >= 4 is 16.9 Å². The van der Waals surface area contributed by atoms with E-state index in [1.54, 1.807) is 24.3 Å². The molecule has 10 nitrogen and oxygen atoms in total. The number of nitrogens with zero attached hydrogens (tertiary/aromatic N) is 5. The summed E-state index contributed by atoms with van der Waals surface area (Å²) >= 11 is 0. The van der Waals surface area contributed by atoms with Gasteiger partial charge < -0.3 is 19.7 Å². The van der Waals surface area contributed by atoms with Crippen molar-refractivity contribution in [2.75, 3.05) is 33.4 Å². The highest BCUT2D eigenvalue weighted by atomic mass is 19.1. The predicted octanol–water partition coefficient (Wildman–Crippen LogP) is 2.59. The number of amides is 1. The fourth-order valence-corrected chi connectivity index (χ4v) is 4.28. The molecule has 198 valence electrons. The van der Waals surface area contributed by atoms with Crippen LogP contribution in [0, 0.1) is 0 Å². The van der Waals surface area contributed by atoms with Gasteiger partial charge in [-0.05, 0) is 45.2 Å². The summed E-state index contributed by atoms with van der Waals surface area (Å²) in [6, 6.07) is 6.63. The van der Waals surface area contributed by atoms with Crippen molar-refractivity contribution in [3.8, 4) is 23.1 Å². The van der Waals surface area contributed by atoms with Crippen LogP contribution in [0.5, 0.6) is 11.6 Å². The van der Waals surface area contributed by atoms with Crippen molar-refractivity contribution in [1.82, 2.24) is 29.7 Å². The zero-order chi connectivity index (χ0) is 26.4. The van der Waals surface area contributed by atoms with Crippen LogP contribution >= 0.6 is 0 Å². The van der Waals surface area contributed by atoms with Crippen molar-refractivity contribution in [1.29, 1.82) is 0 Å². The minimum Gasteiger partial charge on any atom is -0.492 e. The fraction of sp³-hybridized carbons (Fsp3) is 0.500. The van der Waals surface area contributed by atoms with Crippen molar-refractivity contribution in [2.24, 2.45) is 0 Å². The van der Waals surface area contributed by atoms with Gasteiger partial charge in [0.15, 0.2) is 11.5 Å². The van der Waals surface area contributed by atoms with Crippen molar-refractivity contribution < 1.29 is 18.7 Å². The molecule has 1 saturated heterocycles. The molecule has 1 fully saturated rings. The van der Waals surface area contributed by atoms with Gasteiger partial charge in [0.2, 0.25) is 11.8 Å². The van der Waals surface area contributed by atoms with E-state index in [1.807, 2.05) is 13.8 Å². The number of fused-ring (bicyclic) bond motifs is 1. The van der Waals surface area contributed by atoms with E-state index in [-0.39, 0.29) is 35.4 Å². The van der Waals surface area contributed by atoms with Crippen LogP contribution in [-0.4, -0.2) is 75.9 Å². The quantitative estimate of drug-likeness (QED) is 0.413. The van der Waals surface area contributed by atoms with Gasteiger partial charge in [0.05, 0.1) is 25.3 Å². The summed E-state index contributed by atoms with van der Waals surface area (Å²) in [4.78, 5) is 41.7. The number of methoxy groups -OCH3 is 1. The second-order valence-corrected chi connectivity index (χ2v) is 9.37. The Bertz CT molecular complexity index is 1290. The molecule has 4 heterocycles. The Kier molecular flexibility index (Phi) is 8.65. The number of carbonyl (C=O) groups is 1. The van der Waals surface area contributed by atoms with Gasteiger partial charge in [-0.25, -0.2) is 19.3 Å². The van der Waals surface area contributed by atoms with Crippen LogP contribution in [0.4, 0.5) is 4.39 Å². The number of aromatic nitrogens is 4. The Hall–Kier alpha value is -3.60. The van der Waals surface area contributed by atoms with Crippen LogP contribution in [-0.2, 0) is 11.3 Å². The molecule has 1 amide bonds. The Balaban J connectivity index is 1.58. The Morgan fingerprint density at radius 3 is 2.76 bits per heavy atom. The van der Waals surface area contributed by atoms with Gasteiger partial charge >= 0.3 is 0 Å². The monoisotopic (exact) mass is 512 g/mol. The SMILES string of the molecule is COc1cccc(-c2nc3ncc(OCCCN4CCC(F)CC4)cc3c(=O)n2CC(=O)NC(C)C)n1. The Labute approximate surface area is 214 Å². The van der Waals surface area contributed by atoms with Crippen LogP contribution in [0.15, 0.2) is 35.3 Å². The lowest BCUT2D eigenvalue weighted by Crippen LogP contribution is -2.37. The molecule has 0 aliphatic carbocycles. The van der Waals surface area contributed by atoms with E-state index < -0.39 is 11.7 Å². The summed E-state index contributed by atoms with van der Waals surface area (Å²) in [5.41, 5.74) is 0.191. The van der Waals surface area contributed by atoms with Crippen LogP contribution in [0.1, 0.15) is 33.1 Å². The van der Waals surface area contributed by atoms with E-state index in [1.165, 1.54) is 17.9 Å². The first kappa shape index (κ1) is 26.5. The molecule has 1 aliphatic rings.